The number of carbonyl (C=O) groups is 1. The summed E-state index contributed by atoms with van der Waals surface area (Å²) in [6.45, 7) is 6.87. The second kappa shape index (κ2) is 5.13. The number of Topliss-reactive ketones (excluding diaryl/α,β-unsaturated/α-hetero) is 1. The highest BCUT2D eigenvalue weighted by atomic mass is 16.1. The van der Waals surface area contributed by atoms with Crippen LogP contribution < -0.4 is 5.32 Å². The third kappa shape index (κ3) is 1.89. The molecule has 3 aliphatic rings. The van der Waals surface area contributed by atoms with Crippen LogP contribution in [0.5, 0.6) is 0 Å². The van der Waals surface area contributed by atoms with E-state index in [2.05, 4.69) is 60.6 Å². The summed E-state index contributed by atoms with van der Waals surface area (Å²) in [6, 6.07) is 10.4. The van der Waals surface area contributed by atoms with Gasteiger partial charge in [-0.15, -0.1) is 5.11 Å². The Bertz CT molecular complexity index is 801. The van der Waals surface area contributed by atoms with E-state index in [1.807, 2.05) is 6.07 Å². The third-order valence-electron chi connectivity index (χ3n) is 5.84. The molecule has 1 N–H and O–H groups in total. The van der Waals surface area contributed by atoms with Crippen LogP contribution in [0, 0.1) is 5.41 Å². The molecule has 4 heteroatoms. The quantitative estimate of drug-likeness (QED) is 0.885. The van der Waals surface area contributed by atoms with Crippen molar-refractivity contribution in [2.45, 2.75) is 45.4 Å². The van der Waals surface area contributed by atoms with Crippen molar-refractivity contribution in [2.75, 3.05) is 6.54 Å². The van der Waals surface area contributed by atoms with Crippen LogP contribution in [0.2, 0.25) is 0 Å². The molecule has 0 bridgehead atoms. The van der Waals surface area contributed by atoms with Gasteiger partial charge >= 0.3 is 0 Å². The average molecular weight is 321 g/mol. The Morgan fingerprint density at radius 1 is 1.21 bits per heavy atom. The fourth-order valence-electron chi connectivity index (χ4n) is 4.41. The highest BCUT2D eigenvalue weighted by molar-refractivity contribution is 6.04. The van der Waals surface area contributed by atoms with Gasteiger partial charge in [-0.05, 0) is 24.8 Å². The number of allylic oxidation sites excluding steroid dienone is 2. The van der Waals surface area contributed by atoms with Crippen LogP contribution in [0.3, 0.4) is 0 Å². The minimum atomic E-state index is -0.407. The van der Waals surface area contributed by atoms with Crippen LogP contribution in [0.1, 0.15) is 45.6 Å². The van der Waals surface area contributed by atoms with Crippen LogP contribution in [-0.4, -0.2) is 12.3 Å². The number of hydrogen-bond donors (Lipinski definition) is 1. The van der Waals surface area contributed by atoms with Crippen molar-refractivity contribution in [1.29, 1.82) is 0 Å². The molecule has 2 aliphatic heterocycles. The number of carbonyl (C=O) groups excluding carboxylic acids is 1. The van der Waals surface area contributed by atoms with Gasteiger partial charge in [0.05, 0.1) is 12.0 Å². The summed E-state index contributed by atoms with van der Waals surface area (Å²) >= 11 is 0. The lowest BCUT2D eigenvalue weighted by molar-refractivity contribution is -0.125. The van der Waals surface area contributed by atoms with Crippen LogP contribution >= 0.6 is 0 Å². The minimum Gasteiger partial charge on any atom is -0.342 e. The van der Waals surface area contributed by atoms with E-state index in [-0.39, 0.29) is 11.2 Å². The zero-order valence-corrected chi connectivity index (χ0v) is 14.5. The molecular formula is C20H23N3O. The molecule has 0 amide bonds. The van der Waals surface area contributed by atoms with E-state index in [1.165, 1.54) is 5.56 Å². The first kappa shape index (κ1) is 15.3. The predicted molar refractivity (Wildman–Crippen MR) is 93.3 cm³/mol. The lowest BCUT2D eigenvalue weighted by atomic mass is 9.58. The highest BCUT2D eigenvalue weighted by Crippen LogP contribution is 2.53. The van der Waals surface area contributed by atoms with Gasteiger partial charge in [-0.25, -0.2) is 0 Å². The molecule has 24 heavy (non-hydrogen) atoms. The Kier molecular flexibility index (Phi) is 3.27. The largest absolute Gasteiger partial charge is 0.342 e. The summed E-state index contributed by atoms with van der Waals surface area (Å²) in [5, 5.41) is 12.0. The van der Waals surface area contributed by atoms with Crippen molar-refractivity contribution >= 4 is 5.78 Å². The SMILES string of the molecule is CCC1(c2ccccc2)C2=C(N=NC2)NC2=C1C(=O)C(C)(C)CC2. The van der Waals surface area contributed by atoms with Crippen molar-refractivity contribution in [3.05, 3.63) is 58.6 Å². The molecular weight excluding hydrogens is 298 g/mol. The van der Waals surface area contributed by atoms with E-state index in [0.717, 1.165) is 41.9 Å². The Balaban J connectivity index is 2.00. The van der Waals surface area contributed by atoms with Gasteiger partial charge in [0.2, 0.25) is 0 Å². The smallest absolute Gasteiger partial charge is 0.167 e. The van der Waals surface area contributed by atoms with Gasteiger partial charge in [0.15, 0.2) is 11.6 Å². The summed E-state index contributed by atoms with van der Waals surface area (Å²) in [5.74, 6) is 1.12. The van der Waals surface area contributed by atoms with Gasteiger partial charge in [0.25, 0.3) is 0 Å². The zero-order chi connectivity index (χ0) is 16.9. The number of benzene rings is 1. The van der Waals surface area contributed by atoms with Gasteiger partial charge in [-0.3, -0.25) is 4.79 Å². The molecule has 0 saturated carbocycles. The molecule has 2 heterocycles. The zero-order valence-electron chi connectivity index (χ0n) is 14.5. The maximum Gasteiger partial charge on any atom is 0.167 e. The van der Waals surface area contributed by atoms with Crippen LogP contribution in [0.4, 0.5) is 0 Å². The maximum absolute atomic E-state index is 13.4. The molecule has 4 rings (SSSR count). The van der Waals surface area contributed by atoms with Crippen molar-refractivity contribution in [3.8, 4) is 0 Å². The Hall–Kier alpha value is -2.23. The lowest BCUT2D eigenvalue weighted by Crippen LogP contribution is -2.47. The van der Waals surface area contributed by atoms with Crippen molar-refractivity contribution in [1.82, 2.24) is 5.32 Å². The van der Waals surface area contributed by atoms with Gasteiger partial charge in [0.1, 0.15) is 0 Å². The van der Waals surface area contributed by atoms with E-state index >= 15 is 0 Å². The molecule has 1 atom stereocenters. The molecule has 1 aliphatic carbocycles. The fraction of sp³-hybridized carbons (Fsp3) is 0.450. The lowest BCUT2D eigenvalue weighted by Gasteiger charge is -2.46. The summed E-state index contributed by atoms with van der Waals surface area (Å²) in [6.07, 6.45) is 2.59. The van der Waals surface area contributed by atoms with Gasteiger partial charge in [-0.2, -0.15) is 5.11 Å². The van der Waals surface area contributed by atoms with E-state index in [1.54, 1.807) is 0 Å². The van der Waals surface area contributed by atoms with Crippen molar-refractivity contribution in [3.63, 3.8) is 0 Å². The number of nitrogens with zero attached hydrogens (tertiary/aromatic N) is 2. The summed E-state index contributed by atoms with van der Waals surface area (Å²) < 4.78 is 0. The first-order valence-corrected chi connectivity index (χ1v) is 8.73. The molecule has 0 saturated heterocycles. The van der Waals surface area contributed by atoms with E-state index in [0.29, 0.717) is 6.54 Å². The Morgan fingerprint density at radius 3 is 2.67 bits per heavy atom. The normalized spacial score (nSPS) is 27.9. The molecule has 1 aromatic rings. The summed E-state index contributed by atoms with van der Waals surface area (Å²) in [4.78, 5) is 13.4. The molecule has 124 valence electrons. The second-order valence-corrected chi connectivity index (χ2v) is 7.54. The number of ketones is 1. The Labute approximate surface area is 142 Å². The standard InChI is InChI=1S/C20H23N3O/c1-4-20(13-8-6-5-7-9-13)14-12-21-23-18(14)22-15-10-11-19(2,3)17(24)16(15)20/h5-9,22H,4,10-12H2,1-3H3. The number of nitrogens with one attached hydrogen (secondary N) is 1. The number of azo groups is 1. The molecule has 1 unspecified atom stereocenters. The van der Waals surface area contributed by atoms with Gasteiger partial charge < -0.3 is 5.32 Å². The summed E-state index contributed by atoms with van der Waals surface area (Å²) in [5.41, 5.74) is 3.58. The minimum absolute atomic E-state index is 0.264. The molecule has 4 nitrogen and oxygen atoms in total. The number of hydrogen-bond acceptors (Lipinski definition) is 4. The first-order chi connectivity index (χ1) is 11.5. The molecule has 1 aromatic carbocycles. The van der Waals surface area contributed by atoms with E-state index in [4.69, 9.17) is 0 Å². The van der Waals surface area contributed by atoms with E-state index < -0.39 is 5.41 Å². The van der Waals surface area contributed by atoms with Gasteiger partial charge in [-0.1, -0.05) is 51.1 Å². The molecule has 0 fully saturated rings. The number of rotatable bonds is 2. The average Bonchev–Trinajstić information content (AvgIpc) is 3.06. The second-order valence-electron chi connectivity index (χ2n) is 7.54. The molecule has 0 aromatic heterocycles. The predicted octanol–water partition coefficient (Wildman–Crippen LogP) is 4.26. The maximum atomic E-state index is 13.4. The molecule has 0 radical (unpaired) electrons. The topological polar surface area (TPSA) is 53.8 Å². The number of dihydropyridines is 1. The fourth-order valence-corrected chi connectivity index (χ4v) is 4.41. The van der Waals surface area contributed by atoms with Crippen molar-refractivity contribution < 1.29 is 4.79 Å². The Morgan fingerprint density at radius 2 is 1.96 bits per heavy atom. The van der Waals surface area contributed by atoms with Crippen LogP contribution in [0.25, 0.3) is 0 Å². The monoisotopic (exact) mass is 321 g/mol. The van der Waals surface area contributed by atoms with Crippen molar-refractivity contribution in [2.24, 2.45) is 15.6 Å². The first-order valence-electron chi connectivity index (χ1n) is 8.73. The summed E-state index contributed by atoms with van der Waals surface area (Å²) in [7, 11) is 0. The van der Waals surface area contributed by atoms with Crippen LogP contribution in [-0.2, 0) is 10.2 Å². The van der Waals surface area contributed by atoms with Gasteiger partial charge in [0, 0.05) is 22.3 Å². The third-order valence-corrected chi connectivity index (χ3v) is 5.84. The highest BCUT2D eigenvalue weighted by Gasteiger charge is 2.52. The molecule has 0 spiro atoms. The van der Waals surface area contributed by atoms with E-state index in [9.17, 15) is 4.79 Å². The van der Waals surface area contributed by atoms with Crippen LogP contribution in [0.15, 0.2) is 63.2 Å².